The molecule has 28 heavy (non-hydrogen) atoms. The molecule has 0 aliphatic carbocycles. The summed E-state index contributed by atoms with van der Waals surface area (Å²) in [6, 6.07) is 9.42. The van der Waals surface area contributed by atoms with Crippen molar-refractivity contribution in [2.75, 3.05) is 11.6 Å². The molecule has 0 atom stereocenters. The molecule has 3 aromatic rings. The molecule has 0 spiro atoms. The van der Waals surface area contributed by atoms with Crippen LogP contribution in [0.4, 0.5) is 5.69 Å². The van der Waals surface area contributed by atoms with Crippen molar-refractivity contribution in [3.8, 4) is 5.75 Å². The van der Waals surface area contributed by atoms with Crippen LogP contribution in [0.15, 0.2) is 48.5 Å². The van der Waals surface area contributed by atoms with Crippen LogP contribution < -0.4 is 15.3 Å². The summed E-state index contributed by atoms with van der Waals surface area (Å²) in [5.74, 6) is 0.592. The number of rotatable bonds is 4. The Morgan fingerprint density at radius 1 is 1.21 bits per heavy atom. The number of ether oxygens (including phenoxy) is 1. The molecule has 4 rings (SSSR count). The number of anilines is 1. The van der Waals surface area contributed by atoms with Gasteiger partial charge in [-0.2, -0.15) is 0 Å². The summed E-state index contributed by atoms with van der Waals surface area (Å²) in [6.45, 7) is 3.02. The van der Waals surface area contributed by atoms with Crippen LogP contribution in [-0.2, 0) is 13.0 Å². The fraction of sp³-hybridized carbons (Fsp3) is 0.286. The van der Waals surface area contributed by atoms with Gasteiger partial charge in [-0.15, -0.1) is 0 Å². The zero-order chi connectivity index (χ0) is 19.8. The van der Waals surface area contributed by atoms with Gasteiger partial charge in [-0.1, -0.05) is 40.9 Å². The Morgan fingerprint density at radius 3 is 2.79 bits per heavy atom. The lowest BCUT2D eigenvalue weighted by Gasteiger charge is -2.32. The van der Waals surface area contributed by atoms with Crippen molar-refractivity contribution in [3.05, 3.63) is 65.8 Å². The smallest absolute Gasteiger partial charge is 0.336 e. The summed E-state index contributed by atoms with van der Waals surface area (Å²) in [4.78, 5) is 14.3. The predicted octanol–water partition coefficient (Wildman–Crippen LogP) is 6.67. The van der Waals surface area contributed by atoms with Gasteiger partial charge >= 0.3 is 5.63 Å². The lowest BCUT2D eigenvalue weighted by molar-refractivity contribution is 0.289. The second kappa shape index (κ2) is 8.09. The maximum absolute atomic E-state index is 12.2. The number of hydrogen-bond acceptors (Lipinski definition) is 4. The minimum atomic E-state index is -0.343. The van der Waals surface area contributed by atoms with Crippen LogP contribution in [0, 0.1) is 0 Å². The molecule has 7 heteroatoms. The molecule has 0 amide bonds. The first-order chi connectivity index (χ1) is 13.5. The maximum atomic E-state index is 12.2. The first-order valence-electron chi connectivity index (χ1n) is 9.09. The van der Waals surface area contributed by atoms with Crippen molar-refractivity contribution in [1.82, 2.24) is 0 Å². The first kappa shape index (κ1) is 19.8. The maximum Gasteiger partial charge on any atom is 0.336 e. The van der Waals surface area contributed by atoms with E-state index in [4.69, 9.17) is 20.8 Å². The van der Waals surface area contributed by atoms with E-state index in [9.17, 15) is 4.79 Å². The van der Waals surface area contributed by atoms with E-state index in [1.807, 2.05) is 24.3 Å². The summed E-state index contributed by atoms with van der Waals surface area (Å²) in [7, 11) is 0. The normalized spacial score (nSPS) is 13.5. The van der Waals surface area contributed by atoms with Crippen LogP contribution in [0.2, 0.25) is 5.02 Å². The molecule has 0 radical (unpaired) electrons. The van der Waals surface area contributed by atoms with Crippen LogP contribution in [0.5, 0.6) is 5.75 Å². The second-order valence-corrected chi connectivity index (χ2v) is 8.98. The molecule has 0 unspecified atom stereocenters. The number of halogens is 3. The molecule has 0 bridgehead atoms. The molecule has 0 fully saturated rings. The summed E-state index contributed by atoms with van der Waals surface area (Å²) < 4.78 is 13.5. The lowest BCUT2D eigenvalue weighted by atomic mass is 10.0. The van der Waals surface area contributed by atoms with Gasteiger partial charge in [-0.3, -0.25) is 0 Å². The molecule has 1 aliphatic rings. The Labute approximate surface area is 184 Å². The molecular weight excluding hydrogens is 509 g/mol. The van der Waals surface area contributed by atoms with Crippen LogP contribution in [0.3, 0.4) is 0 Å². The minimum Gasteiger partial charge on any atom is -0.471 e. The molecule has 0 saturated heterocycles. The Morgan fingerprint density at radius 2 is 2.04 bits per heavy atom. The van der Waals surface area contributed by atoms with Gasteiger partial charge in [0.25, 0.3) is 0 Å². The lowest BCUT2D eigenvalue weighted by Crippen LogP contribution is -2.32. The highest BCUT2D eigenvalue weighted by atomic mass is 79.9. The first-order valence-corrected chi connectivity index (χ1v) is 11.0. The molecule has 2 aromatic carbocycles. The van der Waals surface area contributed by atoms with E-state index in [1.165, 1.54) is 0 Å². The van der Waals surface area contributed by atoms with Crippen molar-refractivity contribution < 1.29 is 9.15 Å². The van der Waals surface area contributed by atoms with E-state index in [1.54, 1.807) is 6.07 Å². The number of hydrogen-bond donors (Lipinski definition) is 0. The Kier molecular flexibility index (Phi) is 5.72. The van der Waals surface area contributed by atoms with Crippen LogP contribution in [0.1, 0.15) is 30.9 Å². The molecule has 1 aliphatic heterocycles. The SMILES string of the molecule is CCCCc1cc(=O)oc2c3c(c(Cl)cc12)OCN(c1ccc(Br)cc1Br)C3. The van der Waals surface area contributed by atoms with Crippen LogP contribution in [-0.4, -0.2) is 6.73 Å². The van der Waals surface area contributed by atoms with Gasteiger partial charge in [0.2, 0.25) is 0 Å². The highest BCUT2D eigenvalue weighted by Gasteiger charge is 2.26. The molecular formula is C21H18Br2ClNO3. The Bertz CT molecular complexity index is 1110. The second-order valence-electron chi connectivity index (χ2n) is 6.80. The van der Waals surface area contributed by atoms with Crippen LogP contribution >= 0.6 is 43.5 Å². The third kappa shape index (κ3) is 3.70. The quantitative estimate of drug-likeness (QED) is 0.356. The van der Waals surface area contributed by atoms with Crippen molar-refractivity contribution >= 4 is 60.1 Å². The standard InChI is InChI=1S/C21H18Br2ClNO3/c1-2-3-4-12-7-19(26)28-20-14(12)9-17(24)21-15(20)10-25(11-27-21)18-6-5-13(22)8-16(18)23/h5-9H,2-4,10-11H2,1H3. The number of benzene rings is 2. The molecule has 146 valence electrons. The third-order valence-electron chi connectivity index (χ3n) is 4.89. The Balaban J connectivity index is 1.84. The van der Waals surface area contributed by atoms with Gasteiger partial charge < -0.3 is 14.1 Å². The molecule has 2 heterocycles. The fourth-order valence-electron chi connectivity index (χ4n) is 3.52. The summed E-state index contributed by atoms with van der Waals surface area (Å²) in [5, 5.41) is 1.43. The summed E-state index contributed by atoms with van der Waals surface area (Å²) >= 11 is 13.6. The minimum absolute atomic E-state index is 0.343. The summed E-state index contributed by atoms with van der Waals surface area (Å²) in [5.41, 5.74) is 2.99. The fourth-order valence-corrected chi connectivity index (χ4v) is 5.09. The van der Waals surface area contributed by atoms with Gasteiger partial charge in [-0.05, 0) is 58.6 Å². The third-order valence-corrected chi connectivity index (χ3v) is 6.29. The van der Waals surface area contributed by atoms with Crippen molar-refractivity contribution in [1.29, 1.82) is 0 Å². The topological polar surface area (TPSA) is 42.7 Å². The van der Waals surface area contributed by atoms with Gasteiger partial charge in [0.1, 0.15) is 11.3 Å². The van der Waals surface area contributed by atoms with E-state index >= 15 is 0 Å². The monoisotopic (exact) mass is 525 g/mol. The van der Waals surface area contributed by atoms with Crippen molar-refractivity contribution in [2.45, 2.75) is 32.7 Å². The number of nitrogens with zero attached hydrogens (tertiary/aromatic N) is 1. The van der Waals surface area contributed by atoms with E-state index < -0.39 is 0 Å². The van der Waals surface area contributed by atoms with Gasteiger partial charge in [0.15, 0.2) is 6.73 Å². The molecule has 4 nitrogen and oxygen atoms in total. The van der Waals surface area contributed by atoms with Gasteiger partial charge in [-0.25, -0.2) is 4.79 Å². The largest absolute Gasteiger partial charge is 0.471 e. The predicted molar refractivity (Wildman–Crippen MR) is 120 cm³/mol. The highest BCUT2D eigenvalue weighted by molar-refractivity contribution is 9.11. The molecule has 0 N–H and O–H groups in total. The van der Waals surface area contributed by atoms with Crippen LogP contribution in [0.25, 0.3) is 11.0 Å². The Hall–Kier alpha value is -1.50. The number of aryl methyl sites for hydroxylation is 1. The number of fused-ring (bicyclic) bond motifs is 3. The average molecular weight is 528 g/mol. The van der Waals surface area contributed by atoms with E-state index in [0.29, 0.717) is 29.6 Å². The van der Waals surface area contributed by atoms with E-state index in [2.05, 4.69) is 43.7 Å². The zero-order valence-electron chi connectivity index (χ0n) is 15.2. The molecule has 0 saturated carbocycles. The highest BCUT2D eigenvalue weighted by Crippen LogP contribution is 2.41. The summed E-state index contributed by atoms with van der Waals surface area (Å²) in [6.07, 6.45) is 2.87. The average Bonchev–Trinajstić information content (AvgIpc) is 2.67. The van der Waals surface area contributed by atoms with Crippen molar-refractivity contribution in [3.63, 3.8) is 0 Å². The zero-order valence-corrected chi connectivity index (χ0v) is 19.2. The van der Waals surface area contributed by atoms with Gasteiger partial charge in [0.05, 0.1) is 22.8 Å². The van der Waals surface area contributed by atoms with E-state index in [0.717, 1.165) is 50.4 Å². The molecule has 1 aromatic heterocycles. The van der Waals surface area contributed by atoms with Gasteiger partial charge in [0, 0.05) is 20.4 Å². The van der Waals surface area contributed by atoms with E-state index in [-0.39, 0.29) is 5.63 Å². The van der Waals surface area contributed by atoms with Crippen molar-refractivity contribution in [2.24, 2.45) is 0 Å². The number of unbranched alkanes of at least 4 members (excludes halogenated alkanes) is 1.